The average molecular weight is 376 g/mol. The molecule has 0 fully saturated rings. The van der Waals surface area contributed by atoms with Crippen molar-refractivity contribution in [1.29, 1.82) is 0 Å². The van der Waals surface area contributed by atoms with Crippen LogP contribution in [-0.2, 0) is 17.8 Å². The van der Waals surface area contributed by atoms with E-state index in [4.69, 9.17) is 4.18 Å². The Labute approximate surface area is 160 Å². The average Bonchev–Trinajstić information content (AvgIpc) is 2.63. The van der Waals surface area contributed by atoms with Crippen LogP contribution in [-0.4, -0.2) is 8.76 Å². The normalized spacial score (nSPS) is 12.4. The van der Waals surface area contributed by atoms with E-state index in [-0.39, 0.29) is 0 Å². The van der Waals surface area contributed by atoms with Gasteiger partial charge in [-0.25, -0.2) is 4.21 Å². The molecule has 3 nitrogen and oxygen atoms in total. The summed E-state index contributed by atoms with van der Waals surface area (Å²) in [5, 5.41) is 2.12. The van der Waals surface area contributed by atoms with Crippen LogP contribution in [0.15, 0.2) is 36.4 Å². The van der Waals surface area contributed by atoms with E-state index in [1.807, 2.05) is 12.1 Å². The van der Waals surface area contributed by atoms with Crippen LogP contribution in [0.1, 0.15) is 76.7 Å². The molecule has 2 aromatic rings. The smallest absolute Gasteiger partial charge is 0.139 e. The van der Waals surface area contributed by atoms with Crippen molar-refractivity contribution in [3.63, 3.8) is 0 Å². The first-order chi connectivity index (χ1) is 12.7. The third-order valence-electron chi connectivity index (χ3n) is 4.86. The highest BCUT2D eigenvalue weighted by molar-refractivity contribution is 7.74. The van der Waals surface area contributed by atoms with Gasteiger partial charge in [0, 0.05) is 0 Å². The van der Waals surface area contributed by atoms with Crippen molar-refractivity contribution in [3.05, 3.63) is 42.0 Å². The standard InChI is InChI=1S/C22H32O3S/c1-2-3-4-5-6-7-8-9-10-11-12-19-13-14-21-18-22(25-26(23)24)16-15-20(21)17-19/h13-18H,2-12H2,1H3,(H,23,24)/p-1. The molecule has 2 aromatic carbocycles. The molecule has 0 aliphatic carbocycles. The molecule has 0 radical (unpaired) electrons. The van der Waals surface area contributed by atoms with Crippen LogP contribution in [0.25, 0.3) is 10.8 Å². The van der Waals surface area contributed by atoms with Gasteiger partial charge in [-0.2, -0.15) is 0 Å². The Morgan fingerprint density at radius 1 is 0.808 bits per heavy atom. The van der Waals surface area contributed by atoms with Gasteiger partial charge in [-0.15, -0.1) is 0 Å². The number of rotatable bonds is 13. The summed E-state index contributed by atoms with van der Waals surface area (Å²) in [4.78, 5) is 0. The molecular weight excluding hydrogens is 344 g/mol. The molecule has 0 amide bonds. The van der Waals surface area contributed by atoms with Crippen LogP contribution >= 0.6 is 0 Å². The number of aryl methyl sites for hydroxylation is 1. The fourth-order valence-electron chi connectivity index (χ4n) is 3.38. The molecule has 2 rings (SSSR count). The Morgan fingerprint density at radius 3 is 2.04 bits per heavy atom. The van der Waals surface area contributed by atoms with Crippen molar-refractivity contribution in [3.8, 4) is 5.75 Å². The molecule has 0 saturated heterocycles. The lowest BCUT2D eigenvalue weighted by Gasteiger charge is -2.09. The van der Waals surface area contributed by atoms with E-state index in [2.05, 4.69) is 19.1 Å². The van der Waals surface area contributed by atoms with E-state index in [1.165, 1.54) is 69.8 Å². The molecule has 0 aromatic heterocycles. The van der Waals surface area contributed by atoms with Crippen molar-refractivity contribution in [2.24, 2.45) is 0 Å². The fraction of sp³-hybridized carbons (Fsp3) is 0.545. The predicted molar refractivity (Wildman–Crippen MR) is 109 cm³/mol. The Morgan fingerprint density at radius 2 is 1.38 bits per heavy atom. The fourth-order valence-corrected chi connectivity index (χ4v) is 3.64. The van der Waals surface area contributed by atoms with Gasteiger partial charge in [0.25, 0.3) is 0 Å². The maximum absolute atomic E-state index is 10.6. The van der Waals surface area contributed by atoms with E-state index in [9.17, 15) is 8.76 Å². The molecule has 0 N–H and O–H groups in total. The van der Waals surface area contributed by atoms with Gasteiger partial charge in [-0.3, -0.25) is 0 Å². The molecule has 26 heavy (non-hydrogen) atoms. The lowest BCUT2D eigenvalue weighted by Crippen LogP contribution is -1.97. The molecule has 4 heteroatoms. The molecule has 1 unspecified atom stereocenters. The topological polar surface area (TPSA) is 49.4 Å². The van der Waals surface area contributed by atoms with Gasteiger partial charge in [-0.05, 0) is 41.3 Å². The molecule has 0 bridgehead atoms. The zero-order valence-corrected chi connectivity index (χ0v) is 16.7. The Hall–Kier alpha value is -1.39. The van der Waals surface area contributed by atoms with Gasteiger partial charge in [0.05, 0.1) is 0 Å². The quantitative estimate of drug-likeness (QED) is 0.297. The highest BCUT2D eigenvalue weighted by Gasteiger charge is 2.01. The molecule has 0 saturated carbocycles. The maximum Gasteiger partial charge on any atom is 0.139 e. The first-order valence-corrected chi connectivity index (χ1v) is 11.0. The summed E-state index contributed by atoms with van der Waals surface area (Å²) in [5.74, 6) is 0.355. The highest BCUT2D eigenvalue weighted by atomic mass is 32.2. The molecule has 0 heterocycles. The Bertz CT molecular complexity index is 684. The first kappa shape index (κ1) is 20.9. The Kier molecular flexibility index (Phi) is 9.72. The highest BCUT2D eigenvalue weighted by Crippen LogP contribution is 2.23. The van der Waals surface area contributed by atoms with Crippen LogP contribution in [0, 0.1) is 0 Å². The van der Waals surface area contributed by atoms with Gasteiger partial charge in [-0.1, -0.05) is 89.0 Å². The van der Waals surface area contributed by atoms with Crippen LogP contribution in [0.2, 0.25) is 0 Å². The second-order valence-electron chi connectivity index (χ2n) is 7.06. The van der Waals surface area contributed by atoms with E-state index in [1.54, 1.807) is 12.1 Å². The zero-order valence-electron chi connectivity index (χ0n) is 15.9. The van der Waals surface area contributed by atoms with Crippen LogP contribution < -0.4 is 4.18 Å². The molecule has 0 aliphatic heterocycles. The van der Waals surface area contributed by atoms with Gasteiger partial charge in [0.1, 0.15) is 17.1 Å². The van der Waals surface area contributed by atoms with E-state index in [0.29, 0.717) is 5.75 Å². The summed E-state index contributed by atoms with van der Waals surface area (Å²) < 4.78 is 25.9. The SMILES string of the molecule is CCCCCCCCCCCCc1ccc2cc(OS(=O)[O-])ccc2c1. The number of hydrogen-bond donors (Lipinski definition) is 0. The number of unbranched alkanes of at least 4 members (excludes halogenated alkanes) is 9. The summed E-state index contributed by atoms with van der Waals surface area (Å²) in [5.41, 5.74) is 1.35. The van der Waals surface area contributed by atoms with Crippen molar-refractivity contribution < 1.29 is 12.9 Å². The van der Waals surface area contributed by atoms with Crippen molar-refractivity contribution >= 4 is 22.1 Å². The lowest BCUT2D eigenvalue weighted by atomic mass is 10.0. The van der Waals surface area contributed by atoms with Crippen molar-refractivity contribution in [2.75, 3.05) is 0 Å². The van der Waals surface area contributed by atoms with Gasteiger partial charge in [0.15, 0.2) is 0 Å². The van der Waals surface area contributed by atoms with Gasteiger partial charge >= 0.3 is 0 Å². The zero-order chi connectivity index (χ0) is 18.6. The van der Waals surface area contributed by atoms with Crippen molar-refractivity contribution in [2.45, 2.75) is 77.6 Å². The van der Waals surface area contributed by atoms with Crippen LogP contribution in [0.4, 0.5) is 0 Å². The minimum atomic E-state index is -2.52. The lowest BCUT2D eigenvalue weighted by molar-refractivity contribution is 0.440. The summed E-state index contributed by atoms with van der Waals surface area (Å²) in [7, 11) is 0. The third kappa shape index (κ3) is 7.88. The summed E-state index contributed by atoms with van der Waals surface area (Å²) in [6, 6.07) is 11.7. The van der Waals surface area contributed by atoms with Crippen LogP contribution in [0.5, 0.6) is 5.75 Å². The van der Waals surface area contributed by atoms with Crippen molar-refractivity contribution in [1.82, 2.24) is 0 Å². The van der Waals surface area contributed by atoms with E-state index >= 15 is 0 Å². The molecular formula is C22H31O3S-. The summed E-state index contributed by atoms with van der Waals surface area (Å²) in [6.07, 6.45) is 14.7. The summed E-state index contributed by atoms with van der Waals surface area (Å²) >= 11 is -2.52. The number of fused-ring (bicyclic) bond motifs is 1. The molecule has 0 aliphatic rings. The maximum atomic E-state index is 10.6. The van der Waals surface area contributed by atoms with Crippen LogP contribution in [0.3, 0.4) is 0 Å². The second-order valence-corrected chi connectivity index (χ2v) is 7.64. The predicted octanol–water partition coefficient (Wildman–Crippen LogP) is 6.48. The molecule has 1 atom stereocenters. The third-order valence-corrected chi connectivity index (χ3v) is 5.19. The summed E-state index contributed by atoms with van der Waals surface area (Å²) in [6.45, 7) is 2.26. The van der Waals surface area contributed by atoms with Gasteiger partial charge in [0.2, 0.25) is 0 Å². The largest absolute Gasteiger partial charge is 0.740 e. The monoisotopic (exact) mass is 375 g/mol. The Balaban J connectivity index is 1.66. The minimum Gasteiger partial charge on any atom is -0.740 e. The second kappa shape index (κ2) is 12.1. The number of hydrogen-bond acceptors (Lipinski definition) is 3. The molecule has 144 valence electrons. The van der Waals surface area contributed by atoms with E-state index < -0.39 is 11.4 Å². The minimum absolute atomic E-state index is 0.355. The first-order valence-electron chi connectivity index (χ1n) is 9.99. The number of benzene rings is 2. The van der Waals surface area contributed by atoms with Gasteiger partial charge < -0.3 is 8.74 Å². The molecule has 0 spiro atoms. The van der Waals surface area contributed by atoms with E-state index in [0.717, 1.165) is 17.2 Å².